The molecule has 0 unspecified atom stereocenters. The lowest BCUT2D eigenvalue weighted by molar-refractivity contribution is 0.0947. The third kappa shape index (κ3) is 3.23. The van der Waals surface area contributed by atoms with E-state index in [1.54, 1.807) is 11.3 Å². The summed E-state index contributed by atoms with van der Waals surface area (Å²) >= 11 is 1.57. The van der Waals surface area contributed by atoms with Gasteiger partial charge >= 0.3 is 0 Å². The van der Waals surface area contributed by atoms with Crippen LogP contribution >= 0.6 is 11.3 Å². The lowest BCUT2D eigenvalue weighted by Gasteiger charge is -2.10. The lowest BCUT2D eigenvalue weighted by atomic mass is 10.3. The Balaban J connectivity index is 1.82. The van der Waals surface area contributed by atoms with Crippen LogP contribution in [0.1, 0.15) is 22.3 Å². The van der Waals surface area contributed by atoms with Crippen LogP contribution < -0.4 is 15.8 Å². The summed E-state index contributed by atoms with van der Waals surface area (Å²) in [6, 6.07) is 11.2. The zero-order chi connectivity index (χ0) is 16.9. The van der Waals surface area contributed by atoms with Crippen LogP contribution in [0.3, 0.4) is 0 Å². The summed E-state index contributed by atoms with van der Waals surface area (Å²) in [6.07, 6.45) is 0. The fourth-order valence-electron chi connectivity index (χ4n) is 2.20. The Morgan fingerprint density at radius 1 is 1.33 bits per heavy atom. The van der Waals surface area contributed by atoms with Crippen molar-refractivity contribution in [1.82, 2.24) is 20.3 Å². The summed E-state index contributed by atoms with van der Waals surface area (Å²) in [6.45, 7) is 2.84. The molecule has 2 aromatic heterocycles. The number of hydrogen-bond acceptors (Lipinski definition) is 6. The van der Waals surface area contributed by atoms with Gasteiger partial charge in [-0.05, 0) is 30.5 Å². The molecule has 0 aliphatic carbocycles. The largest absolute Gasteiger partial charge is 0.492 e. The maximum atomic E-state index is 12.3. The molecule has 2 heterocycles. The van der Waals surface area contributed by atoms with E-state index in [0.717, 1.165) is 4.88 Å². The van der Waals surface area contributed by atoms with Crippen LogP contribution in [-0.2, 0) is 6.54 Å². The third-order valence-electron chi connectivity index (χ3n) is 3.32. The highest BCUT2D eigenvalue weighted by Gasteiger charge is 2.19. The quantitative estimate of drug-likeness (QED) is 0.716. The van der Waals surface area contributed by atoms with E-state index < -0.39 is 0 Å². The van der Waals surface area contributed by atoms with Gasteiger partial charge in [0.2, 0.25) is 0 Å². The molecule has 3 N–H and O–H groups in total. The van der Waals surface area contributed by atoms with Crippen molar-refractivity contribution < 1.29 is 9.53 Å². The second-order valence-electron chi connectivity index (χ2n) is 4.90. The molecule has 1 aromatic carbocycles. The number of benzene rings is 1. The van der Waals surface area contributed by atoms with E-state index in [1.807, 2.05) is 48.7 Å². The van der Waals surface area contributed by atoms with Gasteiger partial charge in [-0.3, -0.25) is 4.79 Å². The maximum absolute atomic E-state index is 12.3. The SMILES string of the molecule is CCOc1ccccc1-n1nnc(C(=O)NCc2cccs2)c1N. The van der Waals surface area contributed by atoms with E-state index in [9.17, 15) is 4.79 Å². The highest BCUT2D eigenvalue weighted by atomic mass is 32.1. The van der Waals surface area contributed by atoms with Gasteiger partial charge in [0.05, 0.1) is 13.2 Å². The number of carbonyl (C=O) groups is 1. The molecule has 8 heteroatoms. The molecule has 3 rings (SSSR count). The number of para-hydroxylation sites is 2. The zero-order valence-corrected chi connectivity index (χ0v) is 13.9. The Labute approximate surface area is 143 Å². The van der Waals surface area contributed by atoms with Gasteiger partial charge in [-0.15, -0.1) is 16.4 Å². The molecule has 3 aromatic rings. The molecule has 0 saturated heterocycles. The Morgan fingerprint density at radius 3 is 2.92 bits per heavy atom. The Hall–Kier alpha value is -2.87. The van der Waals surface area contributed by atoms with Crippen molar-refractivity contribution in [2.24, 2.45) is 0 Å². The summed E-state index contributed by atoms with van der Waals surface area (Å²) in [7, 11) is 0. The van der Waals surface area contributed by atoms with Gasteiger partial charge in [-0.1, -0.05) is 23.4 Å². The average Bonchev–Trinajstić information content (AvgIpc) is 3.23. The number of thiophene rings is 1. The van der Waals surface area contributed by atoms with E-state index in [-0.39, 0.29) is 17.4 Å². The highest BCUT2D eigenvalue weighted by Crippen LogP contribution is 2.25. The molecule has 0 aliphatic heterocycles. The molecule has 124 valence electrons. The molecule has 0 atom stereocenters. The number of nitrogens with two attached hydrogens (primary N) is 1. The second-order valence-corrected chi connectivity index (χ2v) is 5.93. The third-order valence-corrected chi connectivity index (χ3v) is 4.19. The van der Waals surface area contributed by atoms with Crippen molar-refractivity contribution in [1.29, 1.82) is 0 Å². The monoisotopic (exact) mass is 343 g/mol. The van der Waals surface area contributed by atoms with Crippen molar-refractivity contribution >= 4 is 23.1 Å². The van der Waals surface area contributed by atoms with Gasteiger partial charge in [0.1, 0.15) is 11.4 Å². The number of aromatic nitrogens is 3. The molecule has 0 spiro atoms. The van der Waals surface area contributed by atoms with E-state index >= 15 is 0 Å². The van der Waals surface area contributed by atoms with Crippen LogP contribution in [0.5, 0.6) is 5.75 Å². The second kappa shape index (κ2) is 7.14. The fourth-order valence-corrected chi connectivity index (χ4v) is 2.85. The van der Waals surface area contributed by atoms with Crippen LogP contribution in [0.15, 0.2) is 41.8 Å². The number of nitrogens with zero attached hydrogens (tertiary/aromatic N) is 3. The predicted molar refractivity (Wildman–Crippen MR) is 92.4 cm³/mol. The highest BCUT2D eigenvalue weighted by molar-refractivity contribution is 7.09. The predicted octanol–water partition coefficient (Wildman–Crippen LogP) is 2.24. The Bertz CT molecular complexity index is 829. The normalized spacial score (nSPS) is 10.5. The van der Waals surface area contributed by atoms with Gasteiger partial charge in [0.15, 0.2) is 11.5 Å². The van der Waals surface area contributed by atoms with Gasteiger partial charge in [-0.25, -0.2) is 0 Å². The summed E-state index contributed by atoms with van der Waals surface area (Å²) in [5, 5.41) is 12.7. The number of amides is 1. The van der Waals surface area contributed by atoms with Gasteiger partial charge in [0, 0.05) is 4.88 Å². The van der Waals surface area contributed by atoms with E-state index in [4.69, 9.17) is 10.5 Å². The molecule has 0 bridgehead atoms. The van der Waals surface area contributed by atoms with Crippen molar-refractivity contribution in [2.45, 2.75) is 13.5 Å². The summed E-state index contributed by atoms with van der Waals surface area (Å²) < 4.78 is 6.98. The molecule has 7 nitrogen and oxygen atoms in total. The number of carbonyl (C=O) groups excluding carboxylic acids is 1. The minimum atomic E-state index is -0.360. The molecule has 0 fully saturated rings. The van der Waals surface area contributed by atoms with Crippen LogP contribution in [0, 0.1) is 0 Å². The van der Waals surface area contributed by atoms with E-state index in [0.29, 0.717) is 24.6 Å². The van der Waals surface area contributed by atoms with Crippen LogP contribution in [0.4, 0.5) is 5.82 Å². The average molecular weight is 343 g/mol. The van der Waals surface area contributed by atoms with Crippen molar-refractivity contribution in [3.05, 3.63) is 52.3 Å². The van der Waals surface area contributed by atoms with Crippen LogP contribution in [-0.4, -0.2) is 27.5 Å². The number of nitrogens with one attached hydrogen (secondary N) is 1. The summed E-state index contributed by atoms with van der Waals surface area (Å²) in [5.74, 6) is 0.439. The molecule has 0 radical (unpaired) electrons. The van der Waals surface area contributed by atoms with Gasteiger partial charge < -0.3 is 15.8 Å². The van der Waals surface area contributed by atoms with Gasteiger partial charge in [-0.2, -0.15) is 4.68 Å². The molecule has 24 heavy (non-hydrogen) atoms. The lowest BCUT2D eigenvalue weighted by Crippen LogP contribution is -2.24. The fraction of sp³-hybridized carbons (Fsp3) is 0.188. The number of anilines is 1. The molecule has 0 saturated carbocycles. The molecular formula is C16H17N5O2S. The minimum Gasteiger partial charge on any atom is -0.492 e. The molecule has 1 amide bonds. The molecule has 0 aliphatic rings. The number of hydrogen-bond donors (Lipinski definition) is 2. The van der Waals surface area contributed by atoms with E-state index in [2.05, 4.69) is 15.6 Å². The standard InChI is InChI=1S/C16H17N5O2S/c1-2-23-13-8-4-3-7-12(13)21-15(17)14(19-20-21)16(22)18-10-11-6-5-9-24-11/h3-9H,2,10,17H2,1H3,(H,18,22). The van der Waals surface area contributed by atoms with E-state index in [1.165, 1.54) is 4.68 Å². The van der Waals surface area contributed by atoms with Crippen LogP contribution in [0.25, 0.3) is 5.69 Å². The summed E-state index contributed by atoms with van der Waals surface area (Å²) in [4.78, 5) is 13.3. The van der Waals surface area contributed by atoms with Crippen molar-refractivity contribution in [3.63, 3.8) is 0 Å². The number of ether oxygens (including phenoxy) is 1. The first-order chi connectivity index (χ1) is 11.7. The first kappa shape index (κ1) is 16.0. The van der Waals surface area contributed by atoms with Crippen molar-refractivity contribution in [3.8, 4) is 11.4 Å². The van der Waals surface area contributed by atoms with Crippen LogP contribution in [0.2, 0.25) is 0 Å². The Kier molecular flexibility index (Phi) is 4.76. The smallest absolute Gasteiger partial charge is 0.276 e. The Morgan fingerprint density at radius 2 is 2.17 bits per heavy atom. The minimum absolute atomic E-state index is 0.0952. The topological polar surface area (TPSA) is 95.1 Å². The summed E-state index contributed by atoms with van der Waals surface area (Å²) in [5.41, 5.74) is 6.81. The van der Waals surface area contributed by atoms with Gasteiger partial charge in [0.25, 0.3) is 5.91 Å². The maximum Gasteiger partial charge on any atom is 0.276 e. The van der Waals surface area contributed by atoms with Crippen molar-refractivity contribution in [2.75, 3.05) is 12.3 Å². The first-order valence-electron chi connectivity index (χ1n) is 7.44. The molecular weight excluding hydrogens is 326 g/mol. The number of rotatable bonds is 6. The first-order valence-corrected chi connectivity index (χ1v) is 8.32. The number of nitrogen functional groups attached to an aromatic ring is 1. The zero-order valence-electron chi connectivity index (χ0n) is 13.1.